The van der Waals surface area contributed by atoms with Crippen LogP contribution >= 0.6 is 24.0 Å². The Morgan fingerprint density at radius 2 is 1.77 bits per heavy atom. The lowest BCUT2D eigenvalue weighted by molar-refractivity contribution is 0.0663. The zero-order chi connectivity index (χ0) is 17.6. The average Bonchev–Trinajstić information content (AvgIpc) is 2.64. The molecule has 0 bridgehead atoms. The zero-order valence-corrected chi connectivity index (χ0v) is 16.5. The summed E-state index contributed by atoms with van der Waals surface area (Å²) in [6, 6.07) is 16.0. The molecule has 1 aliphatic heterocycles. The molecular formula is C20H26Cl2N2O2. The van der Waals surface area contributed by atoms with E-state index in [9.17, 15) is 5.11 Å². The van der Waals surface area contributed by atoms with Crippen molar-refractivity contribution in [3.05, 3.63) is 59.1 Å². The van der Waals surface area contributed by atoms with Crippen molar-refractivity contribution in [3.63, 3.8) is 0 Å². The predicted octanol–water partition coefficient (Wildman–Crippen LogP) is 3.63. The Morgan fingerprint density at radius 1 is 1.08 bits per heavy atom. The van der Waals surface area contributed by atoms with E-state index in [2.05, 4.69) is 34.1 Å². The van der Waals surface area contributed by atoms with Gasteiger partial charge in [-0.3, -0.25) is 4.90 Å². The van der Waals surface area contributed by atoms with Crippen LogP contribution in [-0.2, 0) is 0 Å². The first-order chi connectivity index (χ1) is 12.1. The van der Waals surface area contributed by atoms with Crippen LogP contribution in [0.15, 0.2) is 48.5 Å². The minimum atomic E-state index is -0.501. The van der Waals surface area contributed by atoms with Gasteiger partial charge in [-0.1, -0.05) is 29.8 Å². The minimum Gasteiger partial charge on any atom is -0.491 e. The molecule has 1 aliphatic rings. The topological polar surface area (TPSA) is 35.9 Å². The summed E-state index contributed by atoms with van der Waals surface area (Å²) in [4.78, 5) is 4.68. The number of aliphatic hydroxyl groups is 1. The monoisotopic (exact) mass is 396 g/mol. The van der Waals surface area contributed by atoms with Crippen LogP contribution in [0.5, 0.6) is 5.75 Å². The van der Waals surface area contributed by atoms with Gasteiger partial charge >= 0.3 is 0 Å². The van der Waals surface area contributed by atoms with Crippen LogP contribution in [0.3, 0.4) is 0 Å². The van der Waals surface area contributed by atoms with Gasteiger partial charge in [-0.2, -0.15) is 0 Å². The van der Waals surface area contributed by atoms with Crippen LogP contribution in [0.2, 0.25) is 5.02 Å². The van der Waals surface area contributed by atoms with Crippen molar-refractivity contribution in [2.24, 2.45) is 0 Å². The molecule has 0 radical (unpaired) electrons. The Kier molecular flexibility index (Phi) is 8.04. The largest absolute Gasteiger partial charge is 0.491 e. The summed E-state index contributed by atoms with van der Waals surface area (Å²) in [7, 11) is 0. The number of aliphatic hydroxyl groups excluding tert-OH is 1. The molecule has 0 aromatic heterocycles. The summed E-state index contributed by atoms with van der Waals surface area (Å²) < 4.78 is 5.69. The van der Waals surface area contributed by atoms with Gasteiger partial charge in [-0.15, -0.1) is 12.4 Å². The van der Waals surface area contributed by atoms with Gasteiger partial charge < -0.3 is 14.7 Å². The van der Waals surface area contributed by atoms with Crippen molar-refractivity contribution >= 4 is 29.7 Å². The van der Waals surface area contributed by atoms with Crippen LogP contribution in [0.1, 0.15) is 5.56 Å². The highest BCUT2D eigenvalue weighted by Gasteiger charge is 2.19. The van der Waals surface area contributed by atoms with Gasteiger partial charge in [0, 0.05) is 43.4 Å². The fraction of sp³-hybridized carbons (Fsp3) is 0.400. The smallest absolute Gasteiger partial charge is 0.119 e. The summed E-state index contributed by atoms with van der Waals surface area (Å²) in [5.41, 5.74) is 2.25. The zero-order valence-electron chi connectivity index (χ0n) is 15.0. The van der Waals surface area contributed by atoms with Gasteiger partial charge in [0.25, 0.3) is 0 Å². The number of halogens is 2. The molecule has 4 nitrogen and oxygen atoms in total. The third kappa shape index (κ3) is 5.78. The number of β-amino-alcohol motifs (C(OH)–C–C–N with tert-alkyl or cyclic N) is 1. The Labute approximate surface area is 166 Å². The predicted molar refractivity (Wildman–Crippen MR) is 110 cm³/mol. The second kappa shape index (κ2) is 10.0. The van der Waals surface area contributed by atoms with E-state index < -0.39 is 6.10 Å². The lowest BCUT2D eigenvalue weighted by atomic mass is 10.2. The summed E-state index contributed by atoms with van der Waals surface area (Å²) >= 11 is 6.01. The number of rotatable bonds is 6. The van der Waals surface area contributed by atoms with Crippen molar-refractivity contribution in [2.45, 2.75) is 13.0 Å². The van der Waals surface area contributed by atoms with Crippen LogP contribution < -0.4 is 9.64 Å². The average molecular weight is 397 g/mol. The molecule has 0 saturated carbocycles. The van der Waals surface area contributed by atoms with E-state index in [-0.39, 0.29) is 12.4 Å². The van der Waals surface area contributed by atoms with Crippen molar-refractivity contribution in [1.82, 2.24) is 4.90 Å². The van der Waals surface area contributed by atoms with Crippen molar-refractivity contribution in [1.29, 1.82) is 0 Å². The van der Waals surface area contributed by atoms with Crippen LogP contribution in [0.4, 0.5) is 5.69 Å². The summed E-state index contributed by atoms with van der Waals surface area (Å²) in [5.74, 6) is 0.745. The van der Waals surface area contributed by atoms with Crippen molar-refractivity contribution < 1.29 is 9.84 Å². The molecule has 1 fully saturated rings. The fourth-order valence-electron chi connectivity index (χ4n) is 3.08. The van der Waals surface area contributed by atoms with E-state index in [4.69, 9.17) is 16.3 Å². The molecule has 1 atom stereocenters. The molecule has 1 heterocycles. The number of anilines is 1. The number of nitrogens with zero attached hydrogens (tertiary/aromatic N) is 2. The van der Waals surface area contributed by atoms with Gasteiger partial charge in [-0.05, 0) is 42.8 Å². The second-order valence-corrected chi connectivity index (χ2v) is 6.91. The van der Waals surface area contributed by atoms with Gasteiger partial charge in [-0.25, -0.2) is 0 Å². The van der Waals surface area contributed by atoms with Crippen LogP contribution in [0.25, 0.3) is 0 Å². The van der Waals surface area contributed by atoms with Gasteiger partial charge in [0.1, 0.15) is 18.5 Å². The normalized spacial score (nSPS) is 16.0. The Balaban J connectivity index is 0.00000243. The van der Waals surface area contributed by atoms with E-state index in [1.165, 1.54) is 5.69 Å². The highest BCUT2D eigenvalue weighted by Crippen LogP contribution is 2.21. The molecule has 6 heteroatoms. The molecule has 26 heavy (non-hydrogen) atoms. The SMILES string of the molecule is Cc1cc(OCC(O)CN2CCN(c3ccccc3)CC2)ccc1Cl.Cl. The Morgan fingerprint density at radius 3 is 2.42 bits per heavy atom. The van der Waals surface area contributed by atoms with Crippen LogP contribution in [0, 0.1) is 6.92 Å². The molecule has 0 amide bonds. The van der Waals surface area contributed by atoms with E-state index in [1.807, 2.05) is 31.2 Å². The first kappa shape index (κ1) is 20.8. The Hall–Kier alpha value is -1.46. The lowest BCUT2D eigenvalue weighted by Crippen LogP contribution is -2.49. The van der Waals surface area contributed by atoms with E-state index in [0.717, 1.165) is 42.5 Å². The maximum Gasteiger partial charge on any atom is 0.119 e. The first-order valence-electron chi connectivity index (χ1n) is 8.71. The maximum atomic E-state index is 10.3. The van der Waals surface area contributed by atoms with Crippen molar-refractivity contribution in [2.75, 3.05) is 44.2 Å². The molecule has 142 valence electrons. The minimum absolute atomic E-state index is 0. The Bertz CT molecular complexity index is 677. The number of piperazine rings is 1. The van der Waals surface area contributed by atoms with Gasteiger partial charge in [0.15, 0.2) is 0 Å². The molecular weight excluding hydrogens is 371 g/mol. The molecule has 2 aromatic carbocycles. The van der Waals surface area contributed by atoms with E-state index >= 15 is 0 Å². The highest BCUT2D eigenvalue weighted by atomic mass is 35.5. The third-order valence-corrected chi connectivity index (χ3v) is 4.96. The number of aryl methyl sites for hydroxylation is 1. The quantitative estimate of drug-likeness (QED) is 0.808. The summed E-state index contributed by atoms with van der Waals surface area (Å²) in [5, 5.41) is 11.0. The van der Waals surface area contributed by atoms with E-state index in [1.54, 1.807) is 0 Å². The number of para-hydroxylation sites is 1. The third-order valence-electron chi connectivity index (χ3n) is 4.53. The lowest BCUT2D eigenvalue weighted by Gasteiger charge is -2.36. The van der Waals surface area contributed by atoms with E-state index in [0.29, 0.717) is 13.2 Å². The molecule has 0 aliphatic carbocycles. The highest BCUT2D eigenvalue weighted by molar-refractivity contribution is 6.31. The first-order valence-corrected chi connectivity index (χ1v) is 9.09. The molecule has 0 spiro atoms. The molecule has 1 N–H and O–H groups in total. The number of hydrogen-bond donors (Lipinski definition) is 1. The number of ether oxygens (including phenoxy) is 1. The number of hydrogen-bond acceptors (Lipinski definition) is 4. The second-order valence-electron chi connectivity index (χ2n) is 6.50. The van der Waals surface area contributed by atoms with Gasteiger partial charge in [0.2, 0.25) is 0 Å². The van der Waals surface area contributed by atoms with Crippen molar-refractivity contribution in [3.8, 4) is 5.75 Å². The molecule has 1 saturated heterocycles. The molecule has 3 rings (SSSR count). The summed E-state index contributed by atoms with van der Waals surface area (Å²) in [6.07, 6.45) is -0.501. The molecule has 1 unspecified atom stereocenters. The maximum absolute atomic E-state index is 10.3. The fourth-order valence-corrected chi connectivity index (χ4v) is 3.20. The van der Waals surface area contributed by atoms with Crippen LogP contribution in [-0.4, -0.2) is 55.4 Å². The number of benzene rings is 2. The standard InChI is InChI=1S/C20H25ClN2O2.ClH/c1-16-13-19(7-8-20(16)21)25-15-18(24)14-22-9-11-23(12-10-22)17-5-3-2-4-6-17;/h2-8,13,18,24H,9-12,14-15H2,1H3;1H. The molecule has 2 aromatic rings. The summed E-state index contributed by atoms with van der Waals surface area (Å²) in [6.45, 7) is 6.73. The van der Waals surface area contributed by atoms with Gasteiger partial charge in [0.05, 0.1) is 0 Å².